The van der Waals surface area contributed by atoms with Crippen LogP contribution in [0.5, 0.6) is 5.75 Å². The van der Waals surface area contributed by atoms with Gasteiger partial charge >= 0.3 is 0 Å². The lowest BCUT2D eigenvalue weighted by Gasteiger charge is -2.34. The van der Waals surface area contributed by atoms with Gasteiger partial charge in [-0.15, -0.1) is 0 Å². The molecular weight excluding hydrogens is 610 g/mol. The number of amides is 2. The third-order valence-corrected chi connectivity index (χ3v) is 9.32. The molecule has 4 aromatic rings. The number of hydrogen-bond donors (Lipinski definition) is 1. The van der Waals surface area contributed by atoms with Crippen molar-refractivity contribution in [1.29, 1.82) is 0 Å². The van der Waals surface area contributed by atoms with E-state index in [1.165, 1.54) is 30.2 Å². The van der Waals surface area contributed by atoms with E-state index < -0.39 is 28.5 Å². The highest BCUT2D eigenvalue weighted by Crippen LogP contribution is 2.35. The molecule has 8 nitrogen and oxygen atoms in total. The molecule has 0 heterocycles. The van der Waals surface area contributed by atoms with Gasteiger partial charge in [-0.25, -0.2) is 8.42 Å². The normalized spacial score (nSPS) is 11.8. The Morgan fingerprint density at radius 3 is 2.11 bits per heavy atom. The number of benzene rings is 4. The van der Waals surface area contributed by atoms with Gasteiger partial charge in [0.25, 0.3) is 10.0 Å². The summed E-state index contributed by atoms with van der Waals surface area (Å²) in [6, 6.07) is 28.8. The number of rotatable bonds is 14. The Morgan fingerprint density at radius 1 is 0.889 bits per heavy atom. The van der Waals surface area contributed by atoms with Crippen LogP contribution in [0, 0.1) is 6.92 Å². The van der Waals surface area contributed by atoms with Crippen molar-refractivity contribution in [3.05, 3.63) is 125 Å². The number of sulfonamides is 1. The van der Waals surface area contributed by atoms with Crippen LogP contribution >= 0.6 is 11.6 Å². The summed E-state index contributed by atoms with van der Waals surface area (Å²) in [4.78, 5) is 29.7. The number of ether oxygens (including phenoxy) is 1. The molecule has 45 heavy (non-hydrogen) atoms. The molecule has 2 amide bonds. The molecule has 0 aliphatic rings. The minimum Gasteiger partial charge on any atom is -0.495 e. The Kier molecular flexibility index (Phi) is 11.6. The summed E-state index contributed by atoms with van der Waals surface area (Å²) < 4.78 is 35.0. The number of hydrogen-bond acceptors (Lipinski definition) is 5. The van der Waals surface area contributed by atoms with E-state index in [1.54, 1.807) is 24.3 Å². The average molecular weight is 648 g/mol. The fourth-order valence-electron chi connectivity index (χ4n) is 4.91. The summed E-state index contributed by atoms with van der Waals surface area (Å²) in [5, 5.41) is 3.21. The predicted octanol–water partition coefficient (Wildman–Crippen LogP) is 6.02. The zero-order chi connectivity index (χ0) is 32.4. The molecule has 0 unspecified atom stereocenters. The molecule has 0 aromatic heterocycles. The van der Waals surface area contributed by atoms with Crippen LogP contribution in [0.25, 0.3) is 0 Å². The van der Waals surface area contributed by atoms with E-state index in [0.29, 0.717) is 13.0 Å². The van der Waals surface area contributed by atoms with Crippen molar-refractivity contribution in [1.82, 2.24) is 10.2 Å². The molecule has 0 radical (unpaired) electrons. The maximum Gasteiger partial charge on any atom is 0.264 e. The van der Waals surface area contributed by atoms with Crippen molar-refractivity contribution in [2.24, 2.45) is 0 Å². The van der Waals surface area contributed by atoms with Crippen LogP contribution in [0.3, 0.4) is 0 Å². The summed E-state index contributed by atoms with van der Waals surface area (Å²) in [6.45, 7) is 3.72. The van der Waals surface area contributed by atoms with E-state index in [-0.39, 0.29) is 40.2 Å². The first-order valence-electron chi connectivity index (χ1n) is 14.7. The van der Waals surface area contributed by atoms with Gasteiger partial charge in [-0.1, -0.05) is 96.9 Å². The zero-order valence-electron chi connectivity index (χ0n) is 25.6. The Labute approximate surface area is 270 Å². The van der Waals surface area contributed by atoms with Crippen molar-refractivity contribution in [3.63, 3.8) is 0 Å². The fourth-order valence-corrected chi connectivity index (χ4v) is 6.49. The minimum absolute atomic E-state index is 0.000868. The minimum atomic E-state index is -4.29. The summed E-state index contributed by atoms with van der Waals surface area (Å²) in [5.41, 5.74) is 2.64. The van der Waals surface area contributed by atoms with E-state index >= 15 is 0 Å². The lowest BCUT2D eigenvalue weighted by Crippen LogP contribution is -2.53. The third kappa shape index (κ3) is 8.65. The first-order chi connectivity index (χ1) is 21.6. The van der Waals surface area contributed by atoms with Gasteiger partial charge in [0.15, 0.2) is 0 Å². The van der Waals surface area contributed by atoms with Crippen LogP contribution in [-0.2, 0) is 32.6 Å². The van der Waals surface area contributed by atoms with Gasteiger partial charge in [-0.2, -0.15) is 0 Å². The number of nitrogens with one attached hydrogen (secondary N) is 1. The van der Waals surface area contributed by atoms with Crippen LogP contribution < -0.4 is 14.4 Å². The molecule has 1 atom stereocenters. The van der Waals surface area contributed by atoms with Crippen LogP contribution in [0.4, 0.5) is 5.69 Å². The van der Waals surface area contributed by atoms with E-state index in [9.17, 15) is 18.0 Å². The number of aryl methyl sites for hydroxylation is 1. The molecule has 0 saturated carbocycles. The Balaban J connectivity index is 1.83. The molecule has 236 valence electrons. The van der Waals surface area contributed by atoms with E-state index in [2.05, 4.69) is 5.32 Å². The number of anilines is 1. The fraction of sp³-hybridized carbons (Fsp3) is 0.257. The van der Waals surface area contributed by atoms with Crippen molar-refractivity contribution < 1.29 is 22.7 Å². The molecule has 4 aromatic carbocycles. The van der Waals surface area contributed by atoms with Gasteiger partial charge in [0.2, 0.25) is 11.8 Å². The molecule has 0 bridgehead atoms. The quantitative estimate of drug-likeness (QED) is 0.181. The van der Waals surface area contributed by atoms with Crippen molar-refractivity contribution in [2.75, 3.05) is 24.5 Å². The first-order valence-corrected chi connectivity index (χ1v) is 16.5. The second kappa shape index (κ2) is 15.6. The second-order valence-corrected chi connectivity index (χ2v) is 12.9. The monoisotopic (exact) mass is 647 g/mol. The smallest absolute Gasteiger partial charge is 0.264 e. The summed E-state index contributed by atoms with van der Waals surface area (Å²) >= 11 is 6.35. The largest absolute Gasteiger partial charge is 0.495 e. The predicted molar refractivity (Wildman–Crippen MR) is 178 cm³/mol. The van der Waals surface area contributed by atoms with Crippen LogP contribution in [0.2, 0.25) is 5.02 Å². The van der Waals surface area contributed by atoms with E-state index in [1.807, 2.05) is 74.5 Å². The van der Waals surface area contributed by atoms with Crippen LogP contribution in [-0.4, -0.2) is 51.4 Å². The molecule has 0 aliphatic carbocycles. The highest BCUT2D eigenvalue weighted by atomic mass is 35.5. The molecule has 0 saturated heterocycles. The number of carbonyl (C=O) groups is 2. The summed E-state index contributed by atoms with van der Waals surface area (Å²) in [7, 11) is -2.88. The van der Waals surface area contributed by atoms with Crippen molar-refractivity contribution in [3.8, 4) is 5.75 Å². The summed E-state index contributed by atoms with van der Waals surface area (Å²) in [6.07, 6.45) is 0.952. The Bertz CT molecular complexity index is 1680. The average Bonchev–Trinajstić information content (AvgIpc) is 3.05. The molecule has 4 rings (SSSR count). The van der Waals surface area contributed by atoms with Gasteiger partial charge in [0, 0.05) is 24.5 Å². The third-order valence-electron chi connectivity index (χ3n) is 7.31. The van der Waals surface area contributed by atoms with Gasteiger partial charge in [0.1, 0.15) is 18.3 Å². The highest BCUT2D eigenvalue weighted by Gasteiger charge is 2.35. The molecule has 1 N–H and O–H groups in total. The van der Waals surface area contributed by atoms with Gasteiger partial charge in [-0.05, 0) is 54.8 Å². The Hall–Kier alpha value is -4.34. The zero-order valence-corrected chi connectivity index (χ0v) is 27.2. The maximum atomic E-state index is 14.5. The van der Waals surface area contributed by atoms with E-state index in [0.717, 1.165) is 21.0 Å². The first kappa shape index (κ1) is 33.6. The lowest BCUT2D eigenvalue weighted by atomic mass is 10.0. The molecule has 0 fully saturated rings. The number of halogens is 1. The van der Waals surface area contributed by atoms with Crippen LogP contribution in [0.1, 0.15) is 30.0 Å². The van der Waals surface area contributed by atoms with Gasteiger partial charge < -0.3 is 15.0 Å². The van der Waals surface area contributed by atoms with Crippen molar-refractivity contribution >= 4 is 39.1 Å². The second-order valence-electron chi connectivity index (χ2n) is 10.6. The van der Waals surface area contributed by atoms with Crippen LogP contribution in [0.15, 0.2) is 108 Å². The Morgan fingerprint density at radius 2 is 1.51 bits per heavy atom. The maximum absolute atomic E-state index is 14.5. The van der Waals surface area contributed by atoms with Crippen molar-refractivity contribution in [2.45, 2.75) is 44.2 Å². The molecule has 0 aliphatic heterocycles. The number of methoxy groups -OCH3 is 1. The lowest BCUT2D eigenvalue weighted by molar-refractivity contribution is -0.140. The number of nitrogens with zero attached hydrogens (tertiary/aromatic N) is 2. The standard InChI is InChI=1S/C35H38ClN3O5S/c1-4-21-37-35(41)32(22-27-11-7-5-8-12-27)38(24-28-13-9-6-10-14-28)34(40)25-39(31-23-29(36)17-20-33(31)44-3)45(42,43)30-18-15-26(2)16-19-30/h5-20,23,32H,4,21-22,24-25H2,1-3H3,(H,37,41)/t32-/m0/s1. The van der Waals surface area contributed by atoms with Gasteiger partial charge in [0.05, 0.1) is 17.7 Å². The molecule has 0 spiro atoms. The summed E-state index contributed by atoms with van der Waals surface area (Å²) in [5.74, 6) is -0.665. The van der Waals surface area contributed by atoms with Gasteiger partial charge in [-0.3, -0.25) is 13.9 Å². The highest BCUT2D eigenvalue weighted by molar-refractivity contribution is 7.92. The topological polar surface area (TPSA) is 96.0 Å². The molecule has 10 heteroatoms. The SMILES string of the molecule is CCCNC(=O)[C@H](Cc1ccccc1)N(Cc1ccccc1)C(=O)CN(c1cc(Cl)ccc1OC)S(=O)(=O)c1ccc(C)cc1. The number of carbonyl (C=O) groups excluding carboxylic acids is 2. The molecular formula is C35H38ClN3O5S. The van der Waals surface area contributed by atoms with E-state index in [4.69, 9.17) is 16.3 Å².